The lowest BCUT2D eigenvalue weighted by atomic mass is 10.1. The summed E-state index contributed by atoms with van der Waals surface area (Å²) in [4.78, 5) is 11.6. The zero-order valence-corrected chi connectivity index (χ0v) is 10.0. The standard InChI is InChI=1S/C13H13ClN2O/c14-12-7-10(8-15)4-5-11(12)9-16-6-2-1-3-13(16)17/h1-7H,8-9,15H2. The van der Waals surface area contributed by atoms with Crippen molar-refractivity contribution < 1.29 is 0 Å². The van der Waals surface area contributed by atoms with Crippen LogP contribution in [0.25, 0.3) is 0 Å². The number of nitrogens with zero attached hydrogens (tertiary/aromatic N) is 1. The Morgan fingerprint density at radius 3 is 2.71 bits per heavy atom. The second-order valence-electron chi connectivity index (χ2n) is 3.80. The van der Waals surface area contributed by atoms with Crippen LogP contribution >= 0.6 is 11.6 Å². The van der Waals surface area contributed by atoms with Crippen LogP contribution in [0.5, 0.6) is 0 Å². The molecule has 3 nitrogen and oxygen atoms in total. The van der Waals surface area contributed by atoms with E-state index in [0.29, 0.717) is 18.1 Å². The van der Waals surface area contributed by atoms with E-state index in [-0.39, 0.29) is 5.56 Å². The Balaban J connectivity index is 2.31. The molecular formula is C13H13ClN2O. The van der Waals surface area contributed by atoms with Gasteiger partial charge in [-0.15, -0.1) is 0 Å². The molecule has 17 heavy (non-hydrogen) atoms. The van der Waals surface area contributed by atoms with Gasteiger partial charge in [0.1, 0.15) is 0 Å². The number of benzene rings is 1. The minimum absolute atomic E-state index is 0.0357. The summed E-state index contributed by atoms with van der Waals surface area (Å²) in [6, 6.07) is 10.7. The number of aromatic nitrogens is 1. The summed E-state index contributed by atoms with van der Waals surface area (Å²) < 4.78 is 1.61. The maximum Gasteiger partial charge on any atom is 0.250 e. The molecule has 0 saturated heterocycles. The van der Waals surface area contributed by atoms with Gasteiger partial charge in [0.05, 0.1) is 6.54 Å². The quantitative estimate of drug-likeness (QED) is 0.903. The van der Waals surface area contributed by atoms with Gasteiger partial charge >= 0.3 is 0 Å². The van der Waals surface area contributed by atoms with Crippen molar-refractivity contribution in [1.29, 1.82) is 0 Å². The molecule has 0 aliphatic carbocycles. The average molecular weight is 249 g/mol. The Morgan fingerprint density at radius 1 is 1.24 bits per heavy atom. The van der Waals surface area contributed by atoms with E-state index in [2.05, 4.69) is 0 Å². The van der Waals surface area contributed by atoms with Crippen LogP contribution in [-0.4, -0.2) is 4.57 Å². The molecule has 88 valence electrons. The number of hydrogen-bond donors (Lipinski definition) is 1. The summed E-state index contributed by atoms with van der Waals surface area (Å²) in [7, 11) is 0. The molecule has 0 aliphatic rings. The molecule has 4 heteroatoms. The largest absolute Gasteiger partial charge is 0.326 e. The van der Waals surface area contributed by atoms with Gasteiger partial charge in [0.2, 0.25) is 0 Å². The van der Waals surface area contributed by atoms with E-state index in [1.807, 2.05) is 24.3 Å². The van der Waals surface area contributed by atoms with E-state index in [9.17, 15) is 4.79 Å². The van der Waals surface area contributed by atoms with Crippen molar-refractivity contribution in [1.82, 2.24) is 4.57 Å². The van der Waals surface area contributed by atoms with Crippen molar-refractivity contribution in [2.75, 3.05) is 0 Å². The van der Waals surface area contributed by atoms with E-state index in [1.165, 1.54) is 6.07 Å². The van der Waals surface area contributed by atoms with Crippen molar-refractivity contribution in [3.63, 3.8) is 0 Å². The predicted molar refractivity (Wildman–Crippen MR) is 69.1 cm³/mol. The zero-order valence-electron chi connectivity index (χ0n) is 9.27. The highest BCUT2D eigenvalue weighted by molar-refractivity contribution is 6.31. The lowest BCUT2D eigenvalue weighted by Gasteiger charge is -2.08. The van der Waals surface area contributed by atoms with E-state index in [0.717, 1.165) is 11.1 Å². The molecule has 2 aromatic rings. The first-order chi connectivity index (χ1) is 8.20. The lowest BCUT2D eigenvalue weighted by Crippen LogP contribution is -2.18. The highest BCUT2D eigenvalue weighted by atomic mass is 35.5. The molecule has 0 spiro atoms. The Bertz CT molecular complexity index is 578. The van der Waals surface area contributed by atoms with E-state index in [4.69, 9.17) is 17.3 Å². The van der Waals surface area contributed by atoms with Crippen molar-refractivity contribution in [2.24, 2.45) is 5.73 Å². The Hall–Kier alpha value is -1.58. The first-order valence-electron chi connectivity index (χ1n) is 5.33. The first kappa shape index (κ1) is 11.9. The van der Waals surface area contributed by atoms with Crippen LogP contribution < -0.4 is 11.3 Å². The summed E-state index contributed by atoms with van der Waals surface area (Å²) in [5.41, 5.74) is 7.40. The maximum absolute atomic E-state index is 11.6. The smallest absolute Gasteiger partial charge is 0.250 e. The summed E-state index contributed by atoms with van der Waals surface area (Å²) in [6.07, 6.45) is 1.75. The fraction of sp³-hybridized carbons (Fsp3) is 0.154. The number of hydrogen-bond acceptors (Lipinski definition) is 2. The van der Waals surface area contributed by atoms with Gasteiger partial charge in [-0.05, 0) is 23.3 Å². The van der Waals surface area contributed by atoms with Gasteiger partial charge in [-0.2, -0.15) is 0 Å². The van der Waals surface area contributed by atoms with Gasteiger partial charge in [-0.3, -0.25) is 4.79 Å². The number of halogens is 1. The molecule has 0 bridgehead atoms. The summed E-state index contributed by atoms with van der Waals surface area (Å²) >= 11 is 6.14. The van der Waals surface area contributed by atoms with Crippen LogP contribution in [0.2, 0.25) is 5.02 Å². The molecular weight excluding hydrogens is 236 g/mol. The van der Waals surface area contributed by atoms with Gasteiger partial charge in [-0.1, -0.05) is 29.8 Å². The SMILES string of the molecule is NCc1ccc(Cn2ccccc2=O)c(Cl)c1. The molecule has 0 amide bonds. The maximum atomic E-state index is 11.6. The van der Waals surface area contributed by atoms with Gasteiger partial charge < -0.3 is 10.3 Å². The van der Waals surface area contributed by atoms with Crippen molar-refractivity contribution in [3.05, 3.63) is 69.1 Å². The van der Waals surface area contributed by atoms with Crippen molar-refractivity contribution >= 4 is 11.6 Å². The monoisotopic (exact) mass is 248 g/mol. The number of nitrogens with two attached hydrogens (primary N) is 1. The molecule has 0 fully saturated rings. The molecule has 0 saturated carbocycles. The van der Waals surface area contributed by atoms with Crippen molar-refractivity contribution in [2.45, 2.75) is 13.1 Å². The molecule has 0 unspecified atom stereocenters. The summed E-state index contributed by atoms with van der Waals surface area (Å²) in [5.74, 6) is 0. The van der Waals surface area contributed by atoms with Gasteiger partial charge in [-0.25, -0.2) is 0 Å². The summed E-state index contributed by atoms with van der Waals surface area (Å²) in [5, 5.41) is 0.642. The van der Waals surface area contributed by atoms with Gasteiger partial charge in [0.25, 0.3) is 5.56 Å². The molecule has 1 aromatic carbocycles. The zero-order chi connectivity index (χ0) is 12.3. The van der Waals surface area contributed by atoms with Crippen LogP contribution in [0.15, 0.2) is 47.4 Å². The third-order valence-electron chi connectivity index (χ3n) is 2.59. The van der Waals surface area contributed by atoms with E-state index in [1.54, 1.807) is 16.8 Å². The van der Waals surface area contributed by atoms with Crippen molar-refractivity contribution in [3.8, 4) is 0 Å². The average Bonchev–Trinajstić information content (AvgIpc) is 2.34. The minimum Gasteiger partial charge on any atom is -0.326 e. The van der Waals surface area contributed by atoms with Crippen LogP contribution in [-0.2, 0) is 13.1 Å². The van der Waals surface area contributed by atoms with Crippen LogP contribution in [0.4, 0.5) is 0 Å². The fourth-order valence-electron chi connectivity index (χ4n) is 1.62. The lowest BCUT2D eigenvalue weighted by molar-refractivity contribution is 0.759. The Kier molecular flexibility index (Phi) is 3.61. The summed E-state index contributed by atoms with van der Waals surface area (Å²) in [6.45, 7) is 0.939. The van der Waals surface area contributed by atoms with Crippen LogP contribution in [0.1, 0.15) is 11.1 Å². The van der Waals surface area contributed by atoms with Gasteiger partial charge in [0.15, 0.2) is 0 Å². The number of rotatable bonds is 3. The molecule has 0 aliphatic heterocycles. The molecule has 2 rings (SSSR count). The van der Waals surface area contributed by atoms with Gasteiger partial charge in [0, 0.05) is 23.8 Å². The third kappa shape index (κ3) is 2.75. The highest BCUT2D eigenvalue weighted by Crippen LogP contribution is 2.18. The second-order valence-corrected chi connectivity index (χ2v) is 4.20. The molecule has 1 aromatic heterocycles. The van der Waals surface area contributed by atoms with E-state index < -0.39 is 0 Å². The topological polar surface area (TPSA) is 48.0 Å². The Morgan fingerprint density at radius 2 is 2.06 bits per heavy atom. The minimum atomic E-state index is -0.0357. The molecule has 2 N–H and O–H groups in total. The molecule has 1 heterocycles. The second kappa shape index (κ2) is 5.17. The van der Waals surface area contributed by atoms with Crippen LogP contribution in [0.3, 0.4) is 0 Å². The first-order valence-corrected chi connectivity index (χ1v) is 5.71. The third-order valence-corrected chi connectivity index (χ3v) is 2.94. The fourth-order valence-corrected chi connectivity index (χ4v) is 1.88. The number of pyridine rings is 1. The Labute approximate surface area is 104 Å². The normalized spacial score (nSPS) is 10.5. The van der Waals surface area contributed by atoms with Crippen LogP contribution in [0, 0.1) is 0 Å². The highest BCUT2D eigenvalue weighted by Gasteiger charge is 2.03. The molecule has 0 atom stereocenters. The van der Waals surface area contributed by atoms with E-state index >= 15 is 0 Å². The predicted octanol–water partition coefficient (Wildman–Crippen LogP) is 2.01. The molecule has 0 radical (unpaired) electrons.